The van der Waals surface area contributed by atoms with Crippen LogP contribution in [0.1, 0.15) is 21.5 Å². The number of ether oxygens (including phenoxy) is 1. The van der Waals surface area contributed by atoms with Crippen molar-refractivity contribution in [2.45, 2.75) is 13.3 Å². The molecule has 0 aromatic heterocycles. The van der Waals surface area contributed by atoms with Crippen LogP contribution in [-0.4, -0.2) is 42.1 Å². The van der Waals surface area contributed by atoms with Gasteiger partial charge in [0.15, 0.2) is 0 Å². The van der Waals surface area contributed by atoms with E-state index >= 15 is 0 Å². The first kappa shape index (κ1) is 17.5. The highest BCUT2D eigenvalue weighted by molar-refractivity contribution is 5.91. The van der Waals surface area contributed by atoms with Crippen molar-refractivity contribution in [3.63, 3.8) is 0 Å². The van der Waals surface area contributed by atoms with Crippen LogP contribution in [0.2, 0.25) is 0 Å². The highest BCUT2D eigenvalue weighted by atomic mass is 16.5. The number of para-hydroxylation sites is 1. The normalized spacial score (nSPS) is 10.2. The van der Waals surface area contributed by atoms with Crippen molar-refractivity contribution in [1.82, 2.24) is 4.90 Å². The van der Waals surface area contributed by atoms with Gasteiger partial charge in [0.1, 0.15) is 12.4 Å². The van der Waals surface area contributed by atoms with Gasteiger partial charge in [0.25, 0.3) is 0 Å². The van der Waals surface area contributed by atoms with Crippen LogP contribution in [0.15, 0.2) is 48.5 Å². The molecule has 0 aliphatic rings. The number of carbonyl (C=O) groups is 2. The zero-order valence-corrected chi connectivity index (χ0v) is 13.9. The predicted octanol–water partition coefficient (Wildman–Crippen LogP) is 2.77. The number of carbonyl (C=O) groups excluding carboxylic acids is 1. The predicted molar refractivity (Wildman–Crippen MR) is 91.4 cm³/mol. The smallest absolute Gasteiger partial charge is 0.335 e. The summed E-state index contributed by atoms with van der Waals surface area (Å²) in [5.74, 6) is -0.365. The summed E-state index contributed by atoms with van der Waals surface area (Å²) in [6, 6.07) is 14.3. The van der Waals surface area contributed by atoms with E-state index in [0.717, 1.165) is 11.3 Å². The summed E-state index contributed by atoms with van der Waals surface area (Å²) in [5.41, 5.74) is 1.72. The molecule has 0 heterocycles. The Labute approximate surface area is 141 Å². The van der Waals surface area contributed by atoms with Gasteiger partial charge in [-0.2, -0.15) is 0 Å². The van der Waals surface area contributed by atoms with Crippen molar-refractivity contribution in [2.75, 3.05) is 20.2 Å². The summed E-state index contributed by atoms with van der Waals surface area (Å²) in [4.78, 5) is 25.0. The van der Waals surface area contributed by atoms with Crippen molar-refractivity contribution in [3.8, 4) is 5.75 Å². The number of likely N-dealkylation sites (N-methyl/N-ethyl adjacent to an activating group) is 1. The van der Waals surface area contributed by atoms with E-state index in [1.54, 1.807) is 30.1 Å². The molecular weight excluding hydrogens is 306 g/mol. The number of amides is 1. The molecule has 2 aromatic rings. The van der Waals surface area contributed by atoms with Crippen molar-refractivity contribution < 1.29 is 19.4 Å². The average Bonchev–Trinajstić information content (AvgIpc) is 2.56. The average molecular weight is 327 g/mol. The van der Waals surface area contributed by atoms with Crippen LogP contribution in [-0.2, 0) is 11.2 Å². The minimum absolute atomic E-state index is 0.0589. The van der Waals surface area contributed by atoms with Crippen LogP contribution >= 0.6 is 0 Å². The van der Waals surface area contributed by atoms with E-state index < -0.39 is 5.97 Å². The lowest BCUT2D eigenvalue weighted by atomic mass is 10.0. The van der Waals surface area contributed by atoms with E-state index in [1.807, 2.05) is 31.2 Å². The van der Waals surface area contributed by atoms with Gasteiger partial charge in [0, 0.05) is 7.05 Å². The lowest BCUT2D eigenvalue weighted by Crippen LogP contribution is -2.32. The van der Waals surface area contributed by atoms with Gasteiger partial charge in [0.05, 0.1) is 18.5 Å². The maximum absolute atomic E-state index is 12.3. The minimum atomic E-state index is -1.02. The fourth-order valence-corrected chi connectivity index (χ4v) is 2.32. The van der Waals surface area contributed by atoms with Gasteiger partial charge in [-0.05, 0) is 30.2 Å². The Hall–Kier alpha value is -2.82. The Balaban J connectivity index is 1.89. The van der Waals surface area contributed by atoms with Crippen LogP contribution in [0, 0.1) is 6.92 Å². The molecule has 0 aliphatic heterocycles. The first-order valence-corrected chi connectivity index (χ1v) is 7.72. The molecule has 1 N–H and O–H groups in total. The van der Waals surface area contributed by atoms with Crippen molar-refractivity contribution >= 4 is 11.9 Å². The highest BCUT2D eigenvalue weighted by Gasteiger charge is 2.15. The van der Waals surface area contributed by atoms with Gasteiger partial charge in [-0.3, -0.25) is 4.79 Å². The topological polar surface area (TPSA) is 66.8 Å². The van der Waals surface area contributed by atoms with Crippen molar-refractivity contribution in [2.24, 2.45) is 0 Å². The third-order valence-corrected chi connectivity index (χ3v) is 3.79. The van der Waals surface area contributed by atoms with Crippen molar-refractivity contribution in [3.05, 3.63) is 65.2 Å². The van der Waals surface area contributed by atoms with Crippen LogP contribution < -0.4 is 4.74 Å². The molecular formula is C19H21NO4. The number of carboxylic acid groups (broad SMARTS) is 1. The van der Waals surface area contributed by atoms with Crippen LogP contribution in [0.4, 0.5) is 0 Å². The van der Waals surface area contributed by atoms with Gasteiger partial charge in [0.2, 0.25) is 5.91 Å². The molecule has 0 spiro atoms. The summed E-state index contributed by atoms with van der Waals surface area (Å²) < 4.78 is 5.68. The highest BCUT2D eigenvalue weighted by Crippen LogP contribution is 2.16. The number of nitrogens with zero attached hydrogens (tertiary/aromatic N) is 1. The molecule has 0 saturated heterocycles. The van der Waals surface area contributed by atoms with E-state index in [-0.39, 0.29) is 17.9 Å². The molecule has 0 bridgehead atoms. The van der Waals surface area contributed by atoms with Gasteiger partial charge >= 0.3 is 5.97 Å². The SMILES string of the molecule is Cc1ccccc1OCCN(C)C(=O)Cc1ccccc1C(=O)O. The Morgan fingerprint density at radius 1 is 1.08 bits per heavy atom. The number of carboxylic acids is 1. The zero-order chi connectivity index (χ0) is 17.5. The molecule has 2 rings (SSSR count). The van der Waals surface area contributed by atoms with Crippen molar-refractivity contribution in [1.29, 1.82) is 0 Å². The Bertz CT molecular complexity index is 727. The maximum atomic E-state index is 12.3. The first-order chi connectivity index (χ1) is 11.5. The Morgan fingerprint density at radius 2 is 1.75 bits per heavy atom. The van der Waals surface area contributed by atoms with E-state index in [2.05, 4.69) is 0 Å². The quantitative estimate of drug-likeness (QED) is 0.849. The number of benzene rings is 2. The number of aromatic carboxylic acids is 1. The number of aryl methyl sites for hydroxylation is 1. The molecule has 126 valence electrons. The van der Waals surface area contributed by atoms with Crippen LogP contribution in [0.3, 0.4) is 0 Å². The molecule has 0 unspecified atom stereocenters. The molecule has 0 radical (unpaired) electrons. The molecule has 0 atom stereocenters. The number of hydrogen-bond acceptors (Lipinski definition) is 3. The molecule has 0 aliphatic carbocycles. The minimum Gasteiger partial charge on any atom is -0.491 e. The third-order valence-electron chi connectivity index (χ3n) is 3.79. The monoisotopic (exact) mass is 327 g/mol. The van der Waals surface area contributed by atoms with Crippen LogP contribution in [0.25, 0.3) is 0 Å². The van der Waals surface area contributed by atoms with Gasteiger partial charge in [-0.15, -0.1) is 0 Å². The second-order valence-electron chi connectivity index (χ2n) is 5.57. The summed E-state index contributed by atoms with van der Waals surface area (Å²) in [5, 5.41) is 9.17. The Kier molecular flexibility index (Phi) is 5.95. The van der Waals surface area contributed by atoms with Gasteiger partial charge in [-0.25, -0.2) is 4.79 Å². The molecule has 5 heteroatoms. The van der Waals surface area contributed by atoms with Gasteiger partial charge < -0.3 is 14.7 Å². The standard InChI is InChI=1S/C19H21NO4/c1-14-7-3-6-10-17(14)24-12-11-20(2)18(21)13-15-8-4-5-9-16(15)19(22)23/h3-10H,11-13H2,1-2H3,(H,22,23). The molecule has 0 fully saturated rings. The van der Waals surface area contributed by atoms with E-state index in [9.17, 15) is 9.59 Å². The molecule has 0 saturated carbocycles. The van der Waals surface area contributed by atoms with E-state index in [0.29, 0.717) is 18.7 Å². The molecule has 2 aromatic carbocycles. The maximum Gasteiger partial charge on any atom is 0.335 e. The summed E-state index contributed by atoms with van der Waals surface area (Å²) in [6.07, 6.45) is 0.0589. The summed E-state index contributed by atoms with van der Waals surface area (Å²) in [6.45, 7) is 2.78. The second-order valence-corrected chi connectivity index (χ2v) is 5.57. The first-order valence-electron chi connectivity index (χ1n) is 7.72. The fraction of sp³-hybridized carbons (Fsp3) is 0.263. The largest absolute Gasteiger partial charge is 0.491 e. The number of rotatable bonds is 7. The fourth-order valence-electron chi connectivity index (χ4n) is 2.32. The van der Waals surface area contributed by atoms with Crippen LogP contribution in [0.5, 0.6) is 5.75 Å². The zero-order valence-electron chi connectivity index (χ0n) is 13.9. The van der Waals surface area contributed by atoms with E-state index in [4.69, 9.17) is 9.84 Å². The lowest BCUT2D eigenvalue weighted by molar-refractivity contribution is -0.129. The van der Waals surface area contributed by atoms with Gasteiger partial charge in [-0.1, -0.05) is 36.4 Å². The Morgan fingerprint density at radius 3 is 2.46 bits per heavy atom. The second kappa shape index (κ2) is 8.15. The van der Waals surface area contributed by atoms with E-state index in [1.165, 1.54) is 6.07 Å². The number of hydrogen-bond donors (Lipinski definition) is 1. The molecule has 24 heavy (non-hydrogen) atoms. The summed E-state index contributed by atoms with van der Waals surface area (Å²) in [7, 11) is 1.69. The third kappa shape index (κ3) is 4.59. The lowest BCUT2D eigenvalue weighted by Gasteiger charge is -2.18. The molecule has 5 nitrogen and oxygen atoms in total. The summed E-state index contributed by atoms with van der Waals surface area (Å²) >= 11 is 0. The molecule has 1 amide bonds.